The lowest BCUT2D eigenvalue weighted by molar-refractivity contribution is 0.0244. The molecule has 0 aliphatic carbocycles. The maximum absolute atomic E-state index is 12.1. The lowest BCUT2D eigenvalue weighted by Crippen LogP contribution is -2.36. The monoisotopic (exact) mass is 287 g/mol. The molecule has 108 valence electrons. The molecule has 0 fully saturated rings. The van der Waals surface area contributed by atoms with E-state index in [9.17, 15) is 4.79 Å². The van der Waals surface area contributed by atoms with E-state index in [0.29, 0.717) is 18.2 Å². The summed E-state index contributed by atoms with van der Waals surface area (Å²) in [7, 11) is 1.78. The molecule has 0 unspecified atom stereocenters. The Morgan fingerprint density at radius 3 is 2.42 bits per heavy atom. The highest BCUT2D eigenvalue weighted by atomic mass is 35.5. The van der Waals surface area contributed by atoms with E-state index in [0.717, 1.165) is 11.3 Å². The zero-order valence-corrected chi connectivity index (χ0v) is 13.2. The van der Waals surface area contributed by atoms with Gasteiger partial charge in [-0.2, -0.15) is 5.10 Å². The van der Waals surface area contributed by atoms with E-state index in [-0.39, 0.29) is 6.09 Å². The van der Waals surface area contributed by atoms with Gasteiger partial charge in [-0.15, -0.1) is 0 Å². The number of nitrogens with zero attached hydrogens (tertiary/aromatic N) is 3. The molecular formula is C13H22ClN3O2. The predicted molar refractivity (Wildman–Crippen MR) is 75.3 cm³/mol. The average Bonchev–Trinajstić information content (AvgIpc) is 2.48. The predicted octanol–water partition coefficient (Wildman–Crippen LogP) is 3.14. The molecule has 0 aromatic carbocycles. The summed E-state index contributed by atoms with van der Waals surface area (Å²) in [6.07, 6.45) is -0.339. The van der Waals surface area contributed by atoms with E-state index >= 15 is 0 Å². The van der Waals surface area contributed by atoms with Gasteiger partial charge in [0.15, 0.2) is 0 Å². The standard InChI is InChI=1S/C13H22ClN3O2/c1-7-17(12(18)19-13(3,4)5)8-10-9(2)15-16(6)11(10)14/h7-8H2,1-6H3. The minimum Gasteiger partial charge on any atom is -0.444 e. The normalized spacial score (nSPS) is 11.5. The topological polar surface area (TPSA) is 47.4 Å². The van der Waals surface area contributed by atoms with E-state index in [1.54, 1.807) is 16.6 Å². The van der Waals surface area contributed by atoms with Crippen molar-refractivity contribution in [3.05, 3.63) is 16.4 Å². The Labute approximate surface area is 119 Å². The van der Waals surface area contributed by atoms with Crippen molar-refractivity contribution in [3.63, 3.8) is 0 Å². The van der Waals surface area contributed by atoms with Crippen LogP contribution < -0.4 is 0 Å². The van der Waals surface area contributed by atoms with Crippen molar-refractivity contribution in [3.8, 4) is 0 Å². The summed E-state index contributed by atoms with van der Waals surface area (Å²) in [4.78, 5) is 13.7. The minimum absolute atomic E-state index is 0.339. The summed E-state index contributed by atoms with van der Waals surface area (Å²) in [5, 5.41) is 4.79. The molecule has 0 atom stereocenters. The van der Waals surface area contributed by atoms with Crippen LogP contribution in [0.1, 0.15) is 39.0 Å². The molecular weight excluding hydrogens is 266 g/mol. The first-order valence-corrected chi connectivity index (χ1v) is 6.69. The Morgan fingerprint density at radius 2 is 2.05 bits per heavy atom. The van der Waals surface area contributed by atoms with Crippen LogP contribution in [0.25, 0.3) is 0 Å². The maximum atomic E-state index is 12.1. The summed E-state index contributed by atoms with van der Waals surface area (Å²) in [5.74, 6) is 0. The number of amides is 1. The van der Waals surface area contributed by atoms with Crippen LogP contribution in [0.15, 0.2) is 0 Å². The second kappa shape index (κ2) is 5.82. The van der Waals surface area contributed by atoms with Crippen molar-refractivity contribution in [2.24, 2.45) is 7.05 Å². The van der Waals surface area contributed by atoms with Crippen LogP contribution in [0.5, 0.6) is 0 Å². The second-order valence-corrected chi connectivity index (χ2v) is 5.83. The van der Waals surface area contributed by atoms with Gasteiger partial charge in [0.05, 0.1) is 12.2 Å². The number of carbonyl (C=O) groups excluding carboxylic acids is 1. The fourth-order valence-electron chi connectivity index (χ4n) is 1.68. The summed E-state index contributed by atoms with van der Waals surface area (Å²) < 4.78 is 6.97. The number of ether oxygens (including phenoxy) is 1. The van der Waals surface area contributed by atoms with E-state index in [2.05, 4.69) is 5.10 Å². The van der Waals surface area contributed by atoms with Gasteiger partial charge in [-0.05, 0) is 34.6 Å². The molecule has 0 aliphatic rings. The Kier molecular flexibility index (Phi) is 4.85. The first-order chi connectivity index (χ1) is 8.65. The van der Waals surface area contributed by atoms with Crippen molar-refractivity contribution in [2.75, 3.05) is 6.54 Å². The average molecular weight is 288 g/mol. The fraction of sp³-hybridized carbons (Fsp3) is 0.692. The molecule has 1 aromatic heterocycles. The third-order valence-corrected chi connectivity index (χ3v) is 3.13. The van der Waals surface area contributed by atoms with Crippen LogP contribution in [-0.4, -0.2) is 32.9 Å². The molecule has 1 rings (SSSR count). The molecule has 0 aliphatic heterocycles. The van der Waals surface area contributed by atoms with Crippen molar-refractivity contribution in [2.45, 2.75) is 46.8 Å². The molecule has 1 aromatic rings. The van der Waals surface area contributed by atoms with Gasteiger partial charge in [0, 0.05) is 19.2 Å². The molecule has 6 heteroatoms. The molecule has 0 bridgehead atoms. The van der Waals surface area contributed by atoms with Gasteiger partial charge in [0.1, 0.15) is 10.8 Å². The van der Waals surface area contributed by atoms with Crippen LogP contribution in [0, 0.1) is 6.92 Å². The van der Waals surface area contributed by atoms with Crippen LogP contribution >= 0.6 is 11.6 Å². The number of aromatic nitrogens is 2. The van der Waals surface area contributed by atoms with E-state index in [1.807, 2.05) is 34.6 Å². The largest absolute Gasteiger partial charge is 0.444 e. The van der Waals surface area contributed by atoms with Gasteiger partial charge in [-0.1, -0.05) is 11.6 Å². The van der Waals surface area contributed by atoms with Crippen molar-refractivity contribution >= 4 is 17.7 Å². The molecule has 5 nitrogen and oxygen atoms in total. The summed E-state index contributed by atoms with van der Waals surface area (Å²) in [6.45, 7) is 10.3. The summed E-state index contributed by atoms with van der Waals surface area (Å²) >= 11 is 6.17. The number of halogens is 1. The number of hydrogen-bond donors (Lipinski definition) is 0. The van der Waals surface area contributed by atoms with E-state index < -0.39 is 5.60 Å². The first kappa shape index (κ1) is 15.8. The molecule has 0 spiro atoms. The highest BCUT2D eigenvalue weighted by Gasteiger charge is 2.23. The number of aryl methyl sites for hydroxylation is 2. The zero-order chi connectivity index (χ0) is 14.8. The highest BCUT2D eigenvalue weighted by Crippen LogP contribution is 2.21. The molecule has 19 heavy (non-hydrogen) atoms. The third kappa shape index (κ3) is 4.13. The second-order valence-electron chi connectivity index (χ2n) is 5.47. The van der Waals surface area contributed by atoms with E-state index in [1.165, 1.54) is 0 Å². The van der Waals surface area contributed by atoms with Crippen molar-refractivity contribution in [1.29, 1.82) is 0 Å². The van der Waals surface area contributed by atoms with Gasteiger partial charge in [-0.3, -0.25) is 4.68 Å². The van der Waals surface area contributed by atoms with Crippen LogP contribution in [0.2, 0.25) is 5.15 Å². The third-order valence-electron chi connectivity index (χ3n) is 2.65. The fourth-order valence-corrected chi connectivity index (χ4v) is 1.91. The van der Waals surface area contributed by atoms with E-state index in [4.69, 9.17) is 16.3 Å². The lowest BCUT2D eigenvalue weighted by Gasteiger charge is -2.26. The molecule has 0 saturated carbocycles. The van der Waals surface area contributed by atoms with Gasteiger partial charge >= 0.3 is 6.09 Å². The molecule has 0 saturated heterocycles. The van der Waals surface area contributed by atoms with Crippen molar-refractivity contribution in [1.82, 2.24) is 14.7 Å². The number of carbonyl (C=O) groups is 1. The molecule has 0 radical (unpaired) electrons. The van der Waals surface area contributed by atoms with Crippen molar-refractivity contribution < 1.29 is 9.53 Å². The highest BCUT2D eigenvalue weighted by molar-refractivity contribution is 6.30. The smallest absolute Gasteiger partial charge is 0.410 e. The Bertz CT molecular complexity index is 463. The van der Waals surface area contributed by atoms with Gasteiger partial charge < -0.3 is 9.64 Å². The van der Waals surface area contributed by atoms with Crippen LogP contribution in [0.3, 0.4) is 0 Å². The number of hydrogen-bond acceptors (Lipinski definition) is 3. The van der Waals surface area contributed by atoms with Crippen LogP contribution in [-0.2, 0) is 18.3 Å². The zero-order valence-electron chi connectivity index (χ0n) is 12.5. The van der Waals surface area contributed by atoms with Gasteiger partial charge in [-0.25, -0.2) is 4.79 Å². The Hall–Kier alpha value is -1.23. The lowest BCUT2D eigenvalue weighted by atomic mass is 10.2. The molecule has 1 amide bonds. The van der Waals surface area contributed by atoms with Gasteiger partial charge in [0.2, 0.25) is 0 Å². The summed E-state index contributed by atoms with van der Waals surface area (Å²) in [6, 6.07) is 0. The van der Waals surface area contributed by atoms with Crippen LogP contribution in [0.4, 0.5) is 4.79 Å². The number of rotatable bonds is 3. The summed E-state index contributed by atoms with van der Waals surface area (Å²) in [5.41, 5.74) is 1.18. The quantitative estimate of drug-likeness (QED) is 0.858. The Balaban J connectivity index is 2.85. The van der Waals surface area contributed by atoms with Gasteiger partial charge in [0.25, 0.3) is 0 Å². The molecule has 1 heterocycles. The molecule has 0 N–H and O–H groups in total. The minimum atomic E-state index is -0.502. The SMILES string of the molecule is CCN(Cc1c(C)nn(C)c1Cl)C(=O)OC(C)(C)C. The maximum Gasteiger partial charge on any atom is 0.410 e. The Morgan fingerprint density at radius 1 is 1.47 bits per heavy atom. The first-order valence-electron chi connectivity index (χ1n) is 6.31.